The van der Waals surface area contributed by atoms with Crippen LogP contribution in [0.1, 0.15) is 29.8 Å². The Hall–Kier alpha value is -2.28. The van der Waals surface area contributed by atoms with Crippen molar-refractivity contribution >= 4 is 16.8 Å². The van der Waals surface area contributed by atoms with Crippen LogP contribution in [0.2, 0.25) is 0 Å². The lowest BCUT2D eigenvalue weighted by atomic mass is 9.89. The summed E-state index contributed by atoms with van der Waals surface area (Å²) < 4.78 is 5.78. The quantitative estimate of drug-likeness (QED) is 0.866. The predicted molar refractivity (Wildman–Crippen MR) is 78.5 cm³/mol. The Morgan fingerprint density at radius 3 is 3.09 bits per heavy atom. The first-order valence-electron chi connectivity index (χ1n) is 7.48. The van der Waals surface area contributed by atoms with Gasteiger partial charge in [-0.1, -0.05) is 0 Å². The first-order valence-corrected chi connectivity index (χ1v) is 7.48. The number of H-pyrrole nitrogens is 1. The Labute approximate surface area is 126 Å². The van der Waals surface area contributed by atoms with Crippen LogP contribution in [-0.2, 0) is 4.74 Å². The molecule has 0 unspecified atom stereocenters. The maximum atomic E-state index is 12.2. The Bertz CT molecular complexity index is 788. The highest BCUT2D eigenvalue weighted by Crippen LogP contribution is 2.38. The molecule has 2 aliphatic rings. The van der Waals surface area contributed by atoms with Crippen molar-refractivity contribution in [3.63, 3.8) is 0 Å². The molecule has 7 nitrogen and oxygen atoms in total. The van der Waals surface area contributed by atoms with Crippen molar-refractivity contribution in [3.05, 3.63) is 34.6 Å². The number of fused-ring (bicyclic) bond motifs is 3. The lowest BCUT2D eigenvalue weighted by Crippen LogP contribution is -2.34. The third-order valence-electron chi connectivity index (χ3n) is 4.52. The zero-order valence-corrected chi connectivity index (χ0v) is 11.9. The number of carbonyl (C=O) groups is 1. The van der Waals surface area contributed by atoms with Crippen molar-refractivity contribution in [3.8, 4) is 0 Å². The number of nitrogens with zero attached hydrogens (tertiary/aromatic N) is 2. The average Bonchev–Trinajstić information content (AvgIpc) is 3.15. The topological polar surface area (TPSA) is 97.0 Å². The molecule has 2 fully saturated rings. The molecule has 2 aliphatic heterocycles. The predicted octanol–water partition coefficient (Wildman–Crippen LogP) is 0.615. The molecule has 2 N–H and O–H groups in total. The number of carbonyl (C=O) groups excluding carboxylic acids is 1. The van der Waals surface area contributed by atoms with E-state index >= 15 is 0 Å². The highest BCUT2D eigenvalue weighted by Gasteiger charge is 2.40. The molecule has 0 radical (unpaired) electrons. The smallest absolute Gasteiger partial charge is 0.269 e. The maximum absolute atomic E-state index is 12.2. The van der Waals surface area contributed by atoms with E-state index in [9.17, 15) is 9.59 Å². The number of hydrogen-bond acceptors (Lipinski definition) is 5. The van der Waals surface area contributed by atoms with E-state index in [1.165, 1.54) is 18.6 Å². The standard InChI is InChI=1S/C15H16N4O3/c20-14-10-4-11(16-6-12(10)18-7-19-14)15(21)17-5-8-3-9-1-2-13(8)22-9/h4,6-9,13H,1-3,5H2,(H,17,21)(H,18,19,20)/t8-,9+,13-/m0/s1. The van der Waals surface area contributed by atoms with E-state index in [1.54, 1.807) is 0 Å². The molecule has 3 atom stereocenters. The fraction of sp³-hybridized carbons (Fsp3) is 0.467. The lowest BCUT2D eigenvalue weighted by molar-refractivity contribution is 0.0871. The zero-order valence-electron chi connectivity index (χ0n) is 11.9. The number of aromatic amines is 1. The third-order valence-corrected chi connectivity index (χ3v) is 4.52. The van der Waals surface area contributed by atoms with Gasteiger partial charge in [0.2, 0.25) is 0 Å². The molecule has 0 spiro atoms. The highest BCUT2D eigenvalue weighted by atomic mass is 16.5. The maximum Gasteiger partial charge on any atom is 0.269 e. The van der Waals surface area contributed by atoms with Crippen LogP contribution in [0.4, 0.5) is 0 Å². The number of ether oxygens (including phenoxy) is 1. The molecule has 2 saturated heterocycles. The molecule has 1 amide bonds. The number of pyridine rings is 1. The van der Waals surface area contributed by atoms with Crippen molar-refractivity contribution in [1.82, 2.24) is 20.3 Å². The third kappa shape index (κ3) is 2.27. The van der Waals surface area contributed by atoms with E-state index in [2.05, 4.69) is 20.3 Å². The van der Waals surface area contributed by atoms with Gasteiger partial charge in [0.05, 0.1) is 35.6 Å². The molecule has 2 bridgehead atoms. The van der Waals surface area contributed by atoms with Gasteiger partial charge in [-0.2, -0.15) is 0 Å². The zero-order chi connectivity index (χ0) is 15.1. The van der Waals surface area contributed by atoms with Crippen LogP contribution in [0.25, 0.3) is 10.9 Å². The largest absolute Gasteiger partial charge is 0.375 e. The van der Waals surface area contributed by atoms with Crippen molar-refractivity contribution < 1.29 is 9.53 Å². The van der Waals surface area contributed by atoms with Gasteiger partial charge in [-0.05, 0) is 25.3 Å². The molecule has 0 aromatic carbocycles. The van der Waals surface area contributed by atoms with Crippen LogP contribution < -0.4 is 10.9 Å². The molecule has 114 valence electrons. The minimum absolute atomic E-state index is 0.232. The second-order valence-corrected chi connectivity index (χ2v) is 5.90. The molecule has 2 aromatic heterocycles. The number of amides is 1. The summed E-state index contributed by atoms with van der Waals surface area (Å²) in [5.74, 6) is 0.112. The molecule has 7 heteroatoms. The first-order chi connectivity index (χ1) is 10.7. The van der Waals surface area contributed by atoms with Crippen LogP contribution in [0.15, 0.2) is 23.4 Å². The minimum Gasteiger partial charge on any atom is -0.375 e. The van der Waals surface area contributed by atoms with E-state index in [4.69, 9.17) is 4.74 Å². The van der Waals surface area contributed by atoms with Crippen molar-refractivity contribution in [2.75, 3.05) is 6.54 Å². The van der Waals surface area contributed by atoms with Crippen LogP contribution in [0.3, 0.4) is 0 Å². The highest BCUT2D eigenvalue weighted by molar-refractivity contribution is 5.95. The molecular weight excluding hydrogens is 284 g/mol. The molecule has 22 heavy (non-hydrogen) atoms. The molecule has 4 heterocycles. The van der Waals surface area contributed by atoms with Crippen LogP contribution in [-0.4, -0.2) is 39.6 Å². The summed E-state index contributed by atoms with van der Waals surface area (Å²) in [6, 6.07) is 1.48. The Morgan fingerprint density at radius 1 is 1.41 bits per heavy atom. The van der Waals surface area contributed by atoms with Crippen molar-refractivity contribution in [2.45, 2.75) is 31.5 Å². The summed E-state index contributed by atoms with van der Waals surface area (Å²) in [6.45, 7) is 0.586. The summed E-state index contributed by atoms with van der Waals surface area (Å²) in [5, 5.41) is 3.26. The minimum atomic E-state index is -0.275. The van der Waals surface area contributed by atoms with Gasteiger partial charge in [0.25, 0.3) is 11.5 Å². The SMILES string of the molecule is O=C(NC[C@@H]1C[C@H]2CC[C@@H]1O2)c1cc2c(=O)[nH]cnc2cn1. The number of nitrogens with one attached hydrogen (secondary N) is 2. The molecule has 0 aliphatic carbocycles. The fourth-order valence-corrected chi connectivity index (χ4v) is 3.37. The van der Waals surface area contributed by atoms with Gasteiger partial charge in [-0.25, -0.2) is 9.97 Å². The van der Waals surface area contributed by atoms with Crippen LogP contribution >= 0.6 is 0 Å². The lowest BCUT2D eigenvalue weighted by Gasteiger charge is -2.18. The van der Waals surface area contributed by atoms with Gasteiger partial charge in [0.15, 0.2) is 0 Å². The van der Waals surface area contributed by atoms with E-state index < -0.39 is 0 Å². The molecule has 0 saturated carbocycles. The number of aromatic nitrogens is 3. The Morgan fingerprint density at radius 2 is 2.32 bits per heavy atom. The summed E-state index contributed by atoms with van der Waals surface area (Å²) >= 11 is 0. The Balaban J connectivity index is 1.48. The summed E-state index contributed by atoms with van der Waals surface area (Å²) in [7, 11) is 0. The number of rotatable bonds is 3. The first kappa shape index (κ1) is 13.4. The fourth-order valence-electron chi connectivity index (χ4n) is 3.37. The van der Waals surface area contributed by atoms with E-state index in [0.29, 0.717) is 29.5 Å². The van der Waals surface area contributed by atoms with E-state index in [-0.39, 0.29) is 23.3 Å². The monoisotopic (exact) mass is 300 g/mol. The van der Waals surface area contributed by atoms with Gasteiger partial charge in [0.1, 0.15) is 5.69 Å². The van der Waals surface area contributed by atoms with Gasteiger partial charge >= 0.3 is 0 Å². The van der Waals surface area contributed by atoms with Crippen molar-refractivity contribution in [2.24, 2.45) is 5.92 Å². The van der Waals surface area contributed by atoms with Crippen LogP contribution in [0.5, 0.6) is 0 Å². The van der Waals surface area contributed by atoms with Gasteiger partial charge in [-0.3, -0.25) is 9.59 Å². The Kier molecular flexibility index (Phi) is 3.15. The van der Waals surface area contributed by atoms with Crippen LogP contribution in [0, 0.1) is 5.92 Å². The molecule has 4 rings (SSSR count). The van der Waals surface area contributed by atoms with E-state index in [0.717, 1.165) is 19.3 Å². The second-order valence-electron chi connectivity index (χ2n) is 5.90. The van der Waals surface area contributed by atoms with Gasteiger partial charge in [0, 0.05) is 12.5 Å². The average molecular weight is 300 g/mol. The second kappa shape index (κ2) is 5.17. The van der Waals surface area contributed by atoms with Gasteiger partial charge in [-0.15, -0.1) is 0 Å². The molecular formula is C15H16N4O3. The van der Waals surface area contributed by atoms with Gasteiger partial charge < -0.3 is 15.0 Å². The summed E-state index contributed by atoms with van der Waals surface area (Å²) in [5.41, 5.74) is 0.430. The summed E-state index contributed by atoms with van der Waals surface area (Å²) in [6.07, 6.45) is 6.65. The summed E-state index contributed by atoms with van der Waals surface area (Å²) in [4.78, 5) is 34.5. The van der Waals surface area contributed by atoms with Crippen molar-refractivity contribution in [1.29, 1.82) is 0 Å². The molecule has 2 aromatic rings. The normalized spacial score (nSPS) is 26.5. The number of hydrogen-bond donors (Lipinski definition) is 2. The van der Waals surface area contributed by atoms with E-state index in [1.807, 2.05) is 0 Å².